The Morgan fingerprint density at radius 2 is 2.00 bits per heavy atom. The van der Waals surface area contributed by atoms with Gasteiger partial charge < -0.3 is 21.1 Å². The average Bonchev–Trinajstić information content (AvgIpc) is 2.66. The van der Waals surface area contributed by atoms with E-state index in [9.17, 15) is 4.79 Å². The van der Waals surface area contributed by atoms with Gasteiger partial charge in [-0.05, 0) is 37.1 Å². The van der Waals surface area contributed by atoms with E-state index in [4.69, 9.17) is 10.5 Å². The Kier molecular flexibility index (Phi) is 8.92. The number of amides is 1. The second-order valence-corrected chi connectivity index (χ2v) is 6.43. The topological polar surface area (TPSA) is 92.0 Å². The van der Waals surface area contributed by atoms with E-state index in [0.717, 1.165) is 63.5 Å². The number of rotatable bonds is 9. The fourth-order valence-electron chi connectivity index (χ4n) is 2.72. The number of carbonyl (C=O) groups excluding carboxylic acids is 1. The van der Waals surface area contributed by atoms with E-state index in [0.29, 0.717) is 18.9 Å². The predicted octanol–water partition coefficient (Wildman–Crippen LogP) is 1.55. The second-order valence-electron chi connectivity index (χ2n) is 6.43. The van der Waals surface area contributed by atoms with Gasteiger partial charge in [-0.3, -0.25) is 9.69 Å². The third kappa shape index (κ3) is 7.84. The highest BCUT2D eigenvalue weighted by atomic mass is 16.5. The minimum absolute atomic E-state index is 0.0452. The SMILES string of the molecule is CCCC(=O)Nc1ccc(CN=C(N)NCCCN2CCOCC2)cc1. The van der Waals surface area contributed by atoms with Crippen LogP contribution in [0.5, 0.6) is 0 Å². The molecule has 0 atom stereocenters. The normalized spacial score (nSPS) is 15.7. The Bertz CT molecular complexity index is 568. The van der Waals surface area contributed by atoms with Crippen molar-refractivity contribution in [2.75, 3.05) is 44.7 Å². The number of carbonyl (C=O) groups is 1. The van der Waals surface area contributed by atoms with Crippen molar-refractivity contribution in [2.45, 2.75) is 32.7 Å². The number of hydrogen-bond acceptors (Lipinski definition) is 4. The number of morpholine rings is 1. The summed E-state index contributed by atoms with van der Waals surface area (Å²) in [5, 5.41) is 6.03. The van der Waals surface area contributed by atoms with Gasteiger partial charge in [0.1, 0.15) is 0 Å². The van der Waals surface area contributed by atoms with Crippen LogP contribution < -0.4 is 16.4 Å². The lowest BCUT2D eigenvalue weighted by Gasteiger charge is -2.26. The third-order valence-electron chi connectivity index (χ3n) is 4.21. The summed E-state index contributed by atoms with van der Waals surface area (Å²) in [5.74, 6) is 0.510. The number of guanidine groups is 1. The summed E-state index contributed by atoms with van der Waals surface area (Å²) >= 11 is 0. The molecule has 26 heavy (non-hydrogen) atoms. The van der Waals surface area contributed by atoms with Gasteiger partial charge in [0.15, 0.2) is 5.96 Å². The molecule has 1 amide bonds. The summed E-state index contributed by atoms with van der Waals surface area (Å²) in [6, 6.07) is 7.70. The van der Waals surface area contributed by atoms with E-state index in [-0.39, 0.29) is 5.91 Å². The molecule has 1 aromatic rings. The van der Waals surface area contributed by atoms with Gasteiger partial charge in [-0.2, -0.15) is 0 Å². The molecule has 0 aromatic heterocycles. The first-order valence-corrected chi connectivity index (χ1v) is 9.40. The second kappa shape index (κ2) is 11.5. The molecule has 0 radical (unpaired) electrons. The molecular formula is C19H31N5O2. The first kappa shape index (κ1) is 20.2. The number of aliphatic imine (C=N–C) groups is 1. The molecule has 4 N–H and O–H groups in total. The van der Waals surface area contributed by atoms with Gasteiger partial charge in [0.05, 0.1) is 19.8 Å². The molecule has 2 rings (SSSR count). The number of hydrogen-bond donors (Lipinski definition) is 3. The molecule has 1 aliphatic heterocycles. The monoisotopic (exact) mass is 361 g/mol. The van der Waals surface area contributed by atoms with Crippen molar-refractivity contribution in [2.24, 2.45) is 10.7 Å². The van der Waals surface area contributed by atoms with Crippen LogP contribution in [0.1, 0.15) is 31.7 Å². The van der Waals surface area contributed by atoms with E-state index >= 15 is 0 Å². The van der Waals surface area contributed by atoms with Crippen LogP contribution in [-0.2, 0) is 16.1 Å². The van der Waals surface area contributed by atoms with Crippen LogP contribution in [0.3, 0.4) is 0 Å². The fourth-order valence-corrected chi connectivity index (χ4v) is 2.72. The zero-order valence-electron chi connectivity index (χ0n) is 15.7. The highest BCUT2D eigenvalue weighted by Crippen LogP contribution is 2.11. The lowest BCUT2D eigenvalue weighted by atomic mass is 10.2. The van der Waals surface area contributed by atoms with Gasteiger partial charge in [-0.15, -0.1) is 0 Å². The number of nitrogens with zero attached hydrogens (tertiary/aromatic N) is 2. The molecule has 0 unspecified atom stereocenters. The molecule has 1 heterocycles. The molecule has 0 bridgehead atoms. The molecule has 144 valence electrons. The van der Waals surface area contributed by atoms with Crippen LogP contribution in [0, 0.1) is 0 Å². The van der Waals surface area contributed by atoms with Gasteiger partial charge in [0.25, 0.3) is 0 Å². The summed E-state index contributed by atoms with van der Waals surface area (Å²) in [6.07, 6.45) is 2.42. The van der Waals surface area contributed by atoms with Crippen LogP contribution in [0.2, 0.25) is 0 Å². The molecule has 0 aliphatic carbocycles. The molecule has 1 saturated heterocycles. The van der Waals surface area contributed by atoms with Crippen molar-refractivity contribution < 1.29 is 9.53 Å². The molecule has 7 heteroatoms. The van der Waals surface area contributed by atoms with Crippen molar-refractivity contribution in [1.29, 1.82) is 0 Å². The molecule has 1 aromatic carbocycles. The van der Waals surface area contributed by atoms with Gasteiger partial charge >= 0.3 is 0 Å². The van der Waals surface area contributed by atoms with E-state index in [2.05, 4.69) is 20.5 Å². The minimum atomic E-state index is 0.0452. The van der Waals surface area contributed by atoms with Crippen LogP contribution in [0.15, 0.2) is 29.3 Å². The largest absolute Gasteiger partial charge is 0.379 e. The summed E-state index contributed by atoms with van der Waals surface area (Å²) in [5.41, 5.74) is 7.78. The molecule has 0 saturated carbocycles. The maximum Gasteiger partial charge on any atom is 0.224 e. The van der Waals surface area contributed by atoms with Crippen molar-refractivity contribution in [1.82, 2.24) is 10.2 Å². The number of ether oxygens (including phenoxy) is 1. The zero-order chi connectivity index (χ0) is 18.6. The number of anilines is 1. The smallest absolute Gasteiger partial charge is 0.224 e. The Morgan fingerprint density at radius 3 is 2.69 bits per heavy atom. The first-order valence-electron chi connectivity index (χ1n) is 9.40. The summed E-state index contributed by atoms with van der Waals surface area (Å²) in [6.45, 7) is 8.06. The van der Waals surface area contributed by atoms with E-state index in [1.807, 2.05) is 31.2 Å². The quantitative estimate of drug-likeness (QED) is 0.353. The van der Waals surface area contributed by atoms with Gasteiger partial charge in [-0.25, -0.2) is 4.99 Å². The maximum absolute atomic E-state index is 11.6. The fraction of sp³-hybridized carbons (Fsp3) is 0.579. The highest BCUT2D eigenvalue weighted by Gasteiger charge is 2.09. The number of nitrogens with one attached hydrogen (secondary N) is 2. The Balaban J connectivity index is 1.65. The lowest BCUT2D eigenvalue weighted by molar-refractivity contribution is -0.116. The van der Waals surface area contributed by atoms with E-state index < -0.39 is 0 Å². The predicted molar refractivity (Wildman–Crippen MR) is 105 cm³/mol. The molecular weight excluding hydrogens is 330 g/mol. The van der Waals surface area contributed by atoms with E-state index in [1.165, 1.54) is 0 Å². The third-order valence-corrected chi connectivity index (χ3v) is 4.21. The molecule has 7 nitrogen and oxygen atoms in total. The van der Waals surface area contributed by atoms with Gasteiger partial charge in [0.2, 0.25) is 5.91 Å². The standard InChI is InChI=1S/C19H31N5O2/c1-2-4-18(25)23-17-7-5-16(6-8-17)15-22-19(20)21-9-3-10-24-11-13-26-14-12-24/h5-8H,2-4,9-15H2,1H3,(H,23,25)(H3,20,21,22). The van der Waals surface area contributed by atoms with Crippen LogP contribution >= 0.6 is 0 Å². The van der Waals surface area contributed by atoms with E-state index in [1.54, 1.807) is 0 Å². The average molecular weight is 361 g/mol. The Hall–Kier alpha value is -2.12. The van der Waals surface area contributed by atoms with Gasteiger partial charge in [-0.1, -0.05) is 19.1 Å². The van der Waals surface area contributed by atoms with Gasteiger partial charge in [0, 0.05) is 31.7 Å². The minimum Gasteiger partial charge on any atom is -0.379 e. The van der Waals surface area contributed by atoms with Crippen molar-refractivity contribution in [3.63, 3.8) is 0 Å². The highest BCUT2D eigenvalue weighted by molar-refractivity contribution is 5.90. The van der Waals surface area contributed by atoms with Crippen LogP contribution in [0.4, 0.5) is 5.69 Å². The molecule has 0 spiro atoms. The Morgan fingerprint density at radius 1 is 1.27 bits per heavy atom. The lowest BCUT2D eigenvalue weighted by Crippen LogP contribution is -2.39. The van der Waals surface area contributed by atoms with Crippen molar-refractivity contribution >= 4 is 17.6 Å². The number of nitrogens with two attached hydrogens (primary N) is 1. The molecule has 1 fully saturated rings. The maximum atomic E-state index is 11.6. The Labute approximate surface area is 156 Å². The van der Waals surface area contributed by atoms with Crippen molar-refractivity contribution in [3.8, 4) is 0 Å². The van der Waals surface area contributed by atoms with Crippen LogP contribution in [-0.4, -0.2) is 56.2 Å². The first-order chi connectivity index (χ1) is 12.7. The zero-order valence-corrected chi connectivity index (χ0v) is 15.7. The number of benzene rings is 1. The van der Waals surface area contributed by atoms with Crippen LogP contribution in [0.25, 0.3) is 0 Å². The molecule has 1 aliphatic rings. The summed E-state index contributed by atoms with van der Waals surface area (Å²) in [7, 11) is 0. The summed E-state index contributed by atoms with van der Waals surface area (Å²) in [4.78, 5) is 18.3. The van der Waals surface area contributed by atoms with Crippen molar-refractivity contribution in [3.05, 3.63) is 29.8 Å². The summed E-state index contributed by atoms with van der Waals surface area (Å²) < 4.78 is 5.34.